The molecule has 36 heavy (non-hydrogen) atoms. The molecule has 5 rings (SSSR count). The molecule has 188 valence electrons. The standard InChI is InChI=1S/C25H31N9O2/c1-17-16-36-12-11-34(17)23-13-19(20(14-26)24(30-23)29-21-7-8-28-31-21)18-5-6-22(27-15-18)32(2)25(35)33-9-3-4-10-33/h5-8,13-15,17,26H,3-4,9-12,16H2,1-2H3,(H2,28,29,30,31)/t17-/m1/s1. The van der Waals surface area contributed by atoms with Crippen molar-refractivity contribution in [3.8, 4) is 11.1 Å². The fraction of sp³-hybridized carbons (Fsp3) is 0.400. The zero-order chi connectivity index (χ0) is 25.1. The van der Waals surface area contributed by atoms with Crippen molar-refractivity contribution < 1.29 is 9.53 Å². The topological polar surface area (TPSA) is 126 Å². The number of aromatic amines is 1. The van der Waals surface area contributed by atoms with Crippen molar-refractivity contribution in [2.24, 2.45) is 0 Å². The number of hydrogen-bond acceptors (Lipinski definition) is 8. The van der Waals surface area contributed by atoms with Crippen LogP contribution in [-0.2, 0) is 4.74 Å². The van der Waals surface area contributed by atoms with Crippen LogP contribution in [0.1, 0.15) is 25.3 Å². The SMILES string of the molecule is C[C@@H]1COCCN1c1cc(-c2ccc(N(C)C(=O)N3CCCC3)nc2)c(C=N)c(Nc2ccn[nH]2)n1. The van der Waals surface area contributed by atoms with Crippen LogP contribution in [0.25, 0.3) is 11.1 Å². The largest absolute Gasteiger partial charge is 0.377 e. The highest BCUT2D eigenvalue weighted by Gasteiger charge is 2.25. The maximum absolute atomic E-state index is 12.8. The highest BCUT2D eigenvalue weighted by molar-refractivity contribution is 5.96. The van der Waals surface area contributed by atoms with Crippen molar-refractivity contribution in [1.82, 2.24) is 25.1 Å². The van der Waals surface area contributed by atoms with E-state index >= 15 is 0 Å². The number of carbonyl (C=O) groups is 1. The van der Waals surface area contributed by atoms with E-state index in [1.165, 1.54) is 6.21 Å². The van der Waals surface area contributed by atoms with Crippen LogP contribution in [-0.4, -0.2) is 83.2 Å². The Bertz CT molecular complexity index is 1210. The second-order valence-corrected chi connectivity index (χ2v) is 9.09. The lowest BCUT2D eigenvalue weighted by molar-refractivity contribution is 0.0985. The van der Waals surface area contributed by atoms with Gasteiger partial charge in [0.05, 0.1) is 25.5 Å². The van der Waals surface area contributed by atoms with Gasteiger partial charge in [-0.05, 0) is 43.5 Å². The molecule has 2 saturated heterocycles. The molecular formula is C25H31N9O2. The number of likely N-dealkylation sites (tertiary alicyclic amines) is 1. The number of anilines is 4. The Balaban J connectivity index is 1.51. The van der Waals surface area contributed by atoms with Crippen LogP contribution in [0.2, 0.25) is 0 Å². The van der Waals surface area contributed by atoms with Crippen molar-refractivity contribution >= 4 is 35.5 Å². The Kier molecular flexibility index (Phi) is 6.81. The average molecular weight is 490 g/mol. The summed E-state index contributed by atoms with van der Waals surface area (Å²) in [5.74, 6) is 2.60. The lowest BCUT2D eigenvalue weighted by Crippen LogP contribution is -2.44. The van der Waals surface area contributed by atoms with Gasteiger partial charge in [-0.1, -0.05) is 0 Å². The molecule has 3 aromatic heterocycles. The second-order valence-electron chi connectivity index (χ2n) is 9.09. The Morgan fingerprint density at radius 2 is 2.11 bits per heavy atom. The zero-order valence-electron chi connectivity index (χ0n) is 20.6. The molecule has 2 fully saturated rings. The van der Waals surface area contributed by atoms with Crippen LogP contribution in [0.5, 0.6) is 0 Å². The van der Waals surface area contributed by atoms with Gasteiger partial charge in [-0.25, -0.2) is 14.8 Å². The van der Waals surface area contributed by atoms with Crippen molar-refractivity contribution in [2.45, 2.75) is 25.8 Å². The summed E-state index contributed by atoms with van der Waals surface area (Å²) in [6.07, 6.45) is 6.78. The van der Waals surface area contributed by atoms with Gasteiger partial charge < -0.3 is 25.3 Å². The van der Waals surface area contributed by atoms with Gasteiger partial charge in [0.25, 0.3) is 0 Å². The summed E-state index contributed by atoms with van der Waals surface area (Å²) in [7, 11) is 1.75. The van der Waals surface area contributed by atoms with Crippen molar-refractivity contribution in [3.05, 3.63) is 42.2 Å². The van der Waals surface area contributed by atoms with Gasteiger partial charge >= 0.3 is 6.03 Å². The lowest BCUT2D eigenvalue weighted by atomic mass is 10.0. The van der Waals surface area contributed by atoms with Gasteiger partial charge in [-0.3, -0.25) is 10.00 Å². The molecule has 0 radical (unpaired) electrons. The minimum atomic E-state index is -0.0357. The summed E-state index contributed by atoms with van der Waals surface area (Å²) in [5.41, 5.74) is 2.28. The Morgan fingerprint density at radius 3 is 2.78 bits per heavy atom. The van der Waals surface area contributed by atoms with Crippen molar-refractivity contribution in [2.75, 3.05) is 55.0 Å². The summed E-state index contributed by atoms with van der Waals surface area (Å²) in [5, 5.41) is 18.3. The smallest absolute Gasteiger partial charge is 0.325 e. The van der Waals surface area contributed by atoms with Crippen LogP contribution in [0.15, 0.2) is 36.7 Å². The summed E-state index contributed by atoms with van der Waals surface area (Å²) in [6.45, 7) is 5.66. The first-order chi connectivity index (χ1) is 17.5. The molecule has 0 spiro atoms. The quantitative estimate of drug-likeness (QED) is 0.453. The molecular weight excluding hydrogens is 458 g/mol. The fourth-order valence-electron chi connectivity index (χ4n) is 4.65. The van der Waals surface area contributed by atoms with E-state index in [2.05, 4.69) is 32.3 Å². The molecule has 5 heterocycles. The Morgan fingerprint density at radius 1 is 1.28 bits per heavy atom. The van der Waals surface area contributed by atoms with Crippen molar-refractivity contribution in [3.63, 3.8) is 0 Å². The highest BCUT2D eigenvalue weighted by Crippen LogP contribution is 2.33. The Labute approximate surface area is 210 Å². The zero-order valence-corrected chi connectivity index (χ0v) is 20.6. The molecule has 11 nitrogen and oxygen atoms in total. The molecule has 2 aliphatic rings. The van der Waals surface area contributed by atoms with Gasteiger partial charge in [0.2, 0.25) is 0 Å². The van der Waals surface area contributed by atoms with E-state index < -0.39 is 0 Å². The monoisotopic (exact) mass is 489 g/mol. The third-order valence-electron chi connectivity index (χ3n) is 6.67. The molecule has 0 saturated carbocycles. The number of aromatic nitrogens is 4. The third kappa shape index (κ3) is 4.74. The Hall–Kier alpha value is -3.99. The van der Waals surface area contributed by atoms with Gasteiger partial charge in [0.15, 0.2) is 0 Å². The van der Waals surface area contributed by atoms with Gasteiger partial charge in [-0.15, -0.1) is 0 Å². The number of urea groups is 1. The maximum Gasteiger partial charge on any atom is 0.325 e. The number of hydrogen-bond donors (Lipinski definition) is 3. The summed E-state index contributed by atoms with van der Waals surface area (Å²) >= 11 is 0. The number of nitrogens with one attached hydrogen (secondary N) is 3. The normalized spacial score (nSPS) is 17.8. The summed E-state index contributed by atoms with van der Waals surface area (Å²) < 4.78 is 5.62. The van der Waals surface area contributed by atoms with Crippen LogP contribution in [0.4, 0.5) is 28.1 Å². The maximum atomic E-state index is 12.8. The first-order valence-electron chi connectivity index (χ1n) is 12.2. The first kappa shape index (κ1) is 23.7. The molecule has 0 aliphatic carbocycles. The molecule has 3 N–H and O–H groups in total. The number of rotatable bonds is 6. The van der Waals surface area contributed by atoms with Crippen LogP contribution in [0.3, 0.4) is 0 Å². The van der Waals surface area contributed by atoms with Gasteiger partial charge in [0, 0.05) is 56.3 Å². The van der Waals surface area contributed by atoms with E-state index in [-0.39, 0.29) is 12.1 Å². The summed E-state index contributed by atoms with van der Waals surface area (Å²) in [4.78, 5) is 27.9. The molecule has 2 amide bonds. The number of morpholine rings is 1. The minimum absolute atomic E-state index is 0.0357. The molecule has 0 bridgehead atoms. The minimum Gasteiger partial charge on any atom is -0.377 e. The number of carbonyl (C=O) groups excluding carboxylic acids is 1. The molecule has 11 heteroatoms. The number of nitrogens with zero attached hydrogens (tertiary/aromatic N) is 6. The number of amides is 2. The molecule has 0 unspecified atom stereocenters. The second kappa shape index (κ2) is 10.3. The third-order valence-corrected chi connectivity index (χ3v) is 6.67. The van der Waals surface area contributed by atoms with E-state index in [0.29, 0.717) is 36.2 Å². The number of ether oxygens (including phenoxy) is 1. The van der Waals surface area contributed by atoms with Crippen LogP contribution in [0, 0.1) is 5.41 Å². The highest BCUT2D eigenvalue weighted by atomic mass is 16.5. The lowest BCUT2D eigenvalue weighted by Gasteiger charge is -2.35. The van der Waals surface area contributed by atoms with Crippen molar-refractivity contribution in [1.29, 1.82) is 5.41 Å². The first-order valence-corrected chi connectivity index (χ1v) is 12.2. The average Bonchev–Trinajstić information content (AvgIpc) is 3.63. The van der Waals surface area contributed by atoms with E-state index in [1.807, 2.05) is 29.2 Å². The molecule has 0 aromatic carbocycles. The van der Waals surface area contributed by atoms with Gasteiger partial charge in [0.1, 0.15) is 23.3 Å². The van der Waals surface area contributed by atoms with E-state index in [1.54, 1.807) is 24.3 Å². The summed E-state index contributed by atoms with van der Waals surface area (Å²) in [6, 6.07) is 7.71. The molecule has 2 aliphatic heterocycles. The fourth-order valence-corrected chi connectivity index (χ4v) is 4.65. The van der Waals surface area contributed by atoms with Crippen LogP contribution >= 0.6 is 0 Å². The van der Waals surface area contributed by atoms with E-state index in [4.69, 9.17) is 15.1 Å². The number of H-pyrrole nitrogens is 1. The van der Waals surface area contributed by atoms with E-state index in [0.717, 1.165) is 49.4 Å². The molecule has 1 atom stereocenters. The van der Waals surface area contributed by atoms with Gasteiger partial charge in [-0.2, -0.15) is 5.10 Å². The number of pyridine rings is 2. The predicted octanol–water partition coefficient (Wildman–Crippen LogP) is 3.49. The van der Waals surface area contributed by atoms with Crippen LogP contribution < -0.4 is 15.1 Å². The van der Waals surface area contributed by atoms with E-state index in [9.17, 15) is 4.79 Å². The molecule has 3 aromatic rings. The predicted molar refractivity (Wildman–Crippen MR) is 139 cm³/mol.